The number of alkyl halides is 1. The highest BCUT2D eigenvalue weighted by molar-refractivity contribution is 9.10. The number of aromatic nitrogens is 20. The summed E-state index contributed by atoms with van der Waals surface area (Å²) in [6.45, 7) is 6.57. The highest BCUT2D eigenvalue weighted by atomic mass is 79.9. The molecule has 8 N–H and O–H groups in total. The van der Waals surface area contributed by atoms with Crippen LogP contribution in [0.4, 0.5) is 64.4 Å². The van der Waals surface area contributed by atoms with Crippen LogP contribution in [0.2, 0.25) is 20.6 Å². The van der Waals surface area contributed by atoms with E-state index in [2.05, 4.69) is 140 Å². The molecule has 646 valence electrons. The van der Waals surface area contributed by atoms with Crippen molar-refractivity contribution in [3.05, 3.63) is 220 Å². The van der Waals surface area contributed by atoms with Gasteiger partial charge in [0.25, 0.3) is 5.91 Å². The third-order valence-electron chi connectivity index (χ3n) is 17.6. The van der Waals surface area contributed by atoms with Crippen molar-refractivity contribution in [3.63, 3.8) is 0 Å². The fourth-order valence-electron chi connectivity index (χ4n) is 11.5. The quantitative estimate of drug-likeness (QED) is 0.0200. The van der Waals surface area contributed by atoms with Crippen LogP contribution in [0.25, 0.3) is 34.2 Å². The monoisotopic (exact) mass is 1920 g/mol. The molecule has 12 aromatic rings. The van der Waals surface area contributed by atoms with Crippen molar-refractivity contribution < 1.29 is 94.6 Å². The van der Waals surface area contributed by atoms with Crippen molar-refractivity contribution >= 4 is 150 Å². The number of aryl methyl sites for hydroxylation is 4. The number of hydrogen-bond donors (Lipinski definition) is 8. The number of nitrogens with one attached hydrogen (secondary N) is 5. The molecular formula is C73H62Br2Cl4F5N25O15. The van der Waals surface area contributed by atoms with Crippen molar-refractivity contribution in [1.82, 2.24) is 105 Å². The Morgan fingerprint density at radius 2 is 0.685 bits per heavy atom. The highest BCUT2D eigenvalue weighted by Crippen LogP contribution is 2.63. The number of amides is 5. The maximum absolute atomic E-state index is 14.7. The van der Waals surface area contributed by atoms with Crippen LogP contribution in [-0.2, 0) is 47.1 Å². The van der Waals surface area contributed by atoms with E-state index in [0.717, 1.165) is 18.2 Å². The third kappa shape index (κ3) is 23.0. The zero-order valence-corrected chi connectivity index (χ0v) is 71.0. The van der Waals surface area contributed by atoms with Gasteiger partial charge in [-0.05, 0) is 132 Å². The molecule has 15 rings (SSSR count). The lowest BCUT2D eigenvalue weighted by molar-refractivity contribution is -0.162. The average Bonchev–Trinajstić information content (AvgIpc) is 0.715. The first-order chi connectivity index (χ1) is 58.7. The SMILES string of the molecule is C[C@@H](OC(=O)Nc1c(-c2ccc(C(=O)NC34CC(F)(C3)C4)c(F)n2)nnn1C)c1cccnc1Cl.C[C@@H](OC(=O)Nc1c(-c2ccc(C(=O)O)c(F)n2)nnn1C)c1cccnc1Cl.C[C@@H](OC(=O)Nc1c(-c2ccc(C(=O)O)c(F)n2)nnn1C)c1cccnc1Cl.C[C@@H](OC(=O)Nc1c(Br)nnn1C)c1cccnc1Cl.O=C(O)c1ccc(Br)nc1F. The molecule has 0 unspecified atom stereocenters. The van der Waals surface area contributed by atoms with Crippen molar-refractivity contribution in [2.24, 2.45) is 28.2 Å². The van der Waals surface area contributed by atoms with Crippen LogP contribution in [0, 0.1) is 23.8 Å². The second-order valence-electron chi connectivity index (χ2n) is 26.2. The molecule has 0 saturated heterocycles. The maximum Gasteiger partial charge on any atom is 0.413 e. The minimum Gasteiger partial charge on any atom is -0.478 e. The largest absolute Gasteiger partial charge is 0.478 e. The number of anilines is 4. The molecule has 0 aliphatic heterocycles. The zero-order chi connectivity index (χ0) is 90.3. The van der Waals surface area contributed by atoms with Crippen LogP contribution in [0.1, 0.15) is 135 Å². The predicted molar refractivity (Wildman–Crippen MR) is 433 cm³/mol. The van der Waals surface area contributed by atoms with Gasteiger partial charge in [0.05, 0.1) is 22.6 Å². The van der Waals surface area contributed by atoms with Crippen LogP contribution in [-0.4, -0.2) is 175 Å². The summed E-state index contributed by atoms with van der Waals surface area (Å²) < 4.78 is 95.8. The van der Waals surface area contributed by atoms with Crippen LogP contribution >= 0.6 is 78.3 Å². The summed E-state index contributed by atoms with van der Waals surface area (Å²) in [5.41, 5.74) is -1.32. The van der Waals surface area contributed by atoms with E-state index in [1.54, 1.807) is 89.5 Å². The number of carboxylic acids is 3. The molecule has 3 saturated carbocycles. The molecule has 4 atom stereocenters. The van der Waals surface area contributed by atoms with Crippen LogP contribution < -0.4 is 26.6 Å². The Labute approximate surface area is 731 Å². The molecule has 12 aromatic heterocycles. The number of carbonyl (C=O) groups is 8. The number of halogens is 11. The number of aromatic carboxylic acids is 3. The first kappa shape index (κ1) is 92.8. The summed E-state index contributed by atoms with van der Waals surface area (Å²) in [6, 6.07) is 23.2. The van der Waals surface area contributed by atoms with E-state index >= 15 is 0 Å². The Morgan fingerprint density at radius 1 is 0.411 bits per heavy atom. The van der Waals surface area contributed by atoms with Crippen molar-refractivity contribution in [2.45, 2.75) is 82.6 Å². The third-order valence-corrected chi connectivity index (χ3v) is 19.8. The summed E-state index contributed by atoms with van der Waals surface area (Å²) in [4.78, 5) is 124. The van der Waals surface area contributed by atoms with Crippen molar-refractivity contribution in [1.29, 1.82) is 0 Å². The number of hydrogen-bond acceptors (Lipinski definition) is 28. The Morgan fingerprint density at radius 3 is 0.952 bits per heavy atom. The summed E-state index contributed by atoms with van der Waals surface area (Å²) in [6.07, 6.45) is 1.04. The van der Waals surface area contributed by atoms with E-state index in [9.17, 15) is 60.3 Å². The van der Waals surface area contributed by atoms with Gasteiger partial charge in [-0.2, -0.15) is 17.6 Å². The van der Waals surface area contributed by atoms with E-state index < -0.39 is 124 Å². The van der Waals surface area contributed by atoms with Crippen LogP contribution in [0.15, 0.2) is 131 Å². The molecule has 12 heterocycles. The molecule has 0 aromatic carbocycles. The number of carboxylic acid groups (broad SMARTS) is 3. The fraction of sp³-hybridized carbons (Fsp3) is 0.233. The number of nitrogens with zero attached hydrogens (tertiary/aromatic N) is 20. The molecule has 2 bridgehead atoms. The maximum atomic E-state index is 14.7. The van der Waals surface area contributed by atoms with Gasteiger partial charge in [0.1, 0.15) is 72.0 Å². The van der Waals surface area contributed by atoms with Crippen LogP contribution in [0.3, 0.4) is 0 Å². The highest BCUT2D eigenvalue weighted by Gasteiger charge is 2.70. The zero-order valence-electron chi connectivity index (χ0n) is 64.8. The number of rotatable bonds is 20. The lowest BCUT2D eigenvalue weighted by Gasteiger charge is -2.65. The van der Waals surface area contributed by atoms with Crippen LogP contribution in [0.5, 0.6) is 0 Å². The normalized spacial score (nSPS) is 14.8. The standard InChI is InChI=1S/C22H20ClF2N7O3.2C17H14ClFN6O4.C11H11BrClN5O2.C6H3BrFNO2/c1-11(12-4-3-7-26-16(12)23)35-20(34)28-18-15(30-31-32(18)2)14-6-5-13(17(24)27-14)19(33)29-22-8-21(25,9-22)10-22;2*1-8(9-4-3-7-20-13(9)18)29-17(28)22-15-12(23-24-25(15)2)11-6-5-10(16(26)27)14(19)21-11;1-6(7-4-3-5-14-9(7)13)20-11(19)15-10-8(12)16-17-18(10)2;7-4-2-1-3(6(10)11)5(8)9-4/h3-7,11H,8-10H2,1-2H3,(H,28,34)(H,29,33);2*3-8H,1-2H3,(H,22,28)(H,26,27);3-6H,1-2H3,(H,15,19);1-2H,(H,10,11)/t11-,21?,22?;2*8-;6-;/m1111./s1. The van der Waals surface area contributed by atoms with E-state index in [4.69, 9.17) is 80.7 Å². The van der Waals surface area contributed by atoms with Gasteiger partial charge in [0, 0.05) is 100 Å². The smallest absolute Gasteiger partial charge is 0.413 e. The molecule has 3 fully saturated rings. The number of ether oxygens (including phenoxy) is 4. The van der Waals surface area contributed by atoms with E-state index in [1.807, 2.05) is 0 Å². The minimum absolute atomic E-state index is 0.0146. The molecule has 3 aliphatic rings. The van der Waals surface area contributed by atoms with E-state index in [-0.39, 0.29) is 96.5 Å². The van der Waals surface area contributed by atoms with Crippen molar-refractivity contribution in [2.75, 3.05) is 21.3 Å². The summed E-state index contributed by atoms with van der Waals surface area (Å²) >= 11 is 30.0. The number of carbonyl (C=O) groups excluding carboxylic acids is 5. The molecule has 0 spiro atoms. The molecule has 51 heteroatoms. The Kier molecular flexibility index (Phi) is 30.3. The van der Waals surface area contributed by atoms with Gasteiger partial charge < -0.3 is 39.6 Å². The lowest BCUT2D eigenvalue weighted by atomic mass is 9.47. The Hall–Kier alpha value is -13.5. The predicted octanol–water partition coefficient (Wildman–Crippen LogP) is 14.5. The molecule has 5 amide bonds. The molecular weight excluding hydrogens is 1860 g/mol. The summed E-state index contributed by atoms with van der Waals surface area (Å²) in [5.74, 6) is -8.60. The Balaban J connectivity index is 0.000000168. The molecule has 40 nitrogen and oxygen atoms in total. The second kappa shape index (κ2) is 40.5. The van der Waals surface area contributed by atoms with Gasteiger partial charge in [-0.25, -0.2) is 96.6 Å². The molecule has 3 aliphatic carbocycles. The lowest BCUT2D eigenvalue weighted by Crippen LogP contribution is -2.76. The average molecular weight is 1930 g/mol. The van der Waals surface area contributed by atoms with E-state index in [0.29, 0.717) is 37.8 Å². The van der Waals surface area contributed by atoms with Gasteiger partial charge in [0.15, 0.2) is 45.0 Å². The molecule has 0 radical (unpaired) electrons. The topological polar surface area (TPSA) is 520 Å². The fourth-order valence-corrected chi connectivity index (χ4v) is 13.4. The van der Waals surface area contributed by atoms with Gasteiger partial charge in [-0.1, -0.05) is 91.5 Å². The van der Waals surface area contributed by atoms with Crippen molar-refractivity contribution in [3.8, 4) is 34.2 Å². The minimum atomic E-state index is -1.45. The molecule has 124 heavy (non-hydrogen) atoms. The summed E-state index contributed by atoms with van der Waals surface area (Å²) in [5, 5.41) is 70.3. The van der Waals surface area contributed by atoms with Gasteiger partial charge in [-0.3, -0.25) is 26.1 Å². The summed E-state index contributed by atoms with van der Waals surface area (Å²) in [7, 11) is 6.16. The number of pyridine rings is 8. The van der Waals surface area contributed by atoms with Gasteiger partial charge in [-0.15, -0.1) is 20.4 Å². The van der Waals surface area contributed by atoms with E-state index in [1.165, 1.54) is 88.8 Å². The first-order valence-electron chi connectivity index (χ1n) is 35.3. The second-order valence-corrected chi connectivity index (χ2v) is 29.2. The Bertz CT molecular complexity index is 5850. The first-order valence-corrected chi connectivity index (χ1v) is 38.4. The van der Waals surface area contributed by atoms with Gasteiger partial charge in [0.2, 0.25) is 23.8 Å². The van der Waals surface area contributed by atoms with Gasteiger partial charge >= 0.3 is 42.3 Å².